The fourth-order valence-electron chi connectivity index (χ4n) is 3.59. The molecule has 0 bridgehead atoms. The first-order chi connectivity index (χ1) is 14.5. The number of guanidine groups is 1. The highest BCUT2D eigenvalue weighted by molar-refractivity contribution is 7.91. The van der Waals surface area contributed by atoms with Crippen molar-refractivity contribution in [2.24, 2.45) is 9.36 Å². The number of hydrogen-bond donors (Lipinski definition) is 1. The highest BCUT2D eigenvalue weighted by atomic mass is 32.2. The lowest BCUT2D eigenvalue weighted by molar-refractivity contribution is 0.0559. The molecule has 0 saturated heterocycles. The van der Waals surface area contributed by atoms with Crippen LogP contribution in [-0.4, -0.2) is 45.0 Å². The van der Waals surface area contributed by atoms with Crippen molar-refractivity contribution < 1.29 is 18.1 Å². The summed E-state index contributed by atoms with van der Waals surface area (Å²) in [5.74, 6) is 2.31. The molecule has 7 nitrogen and oxygen atoms in total. The van der Waals surface area contributed by atoms with Crippen LogP contribution in [0.2, 0.25) is 0 Å². The Morgan fingerprint density at radius 1 is 1.39 bits per heavy atom. The molecule has 0 radical (unpaired) electrons. The molecule has 0 saturated carbocycles. The van der Waals surface area contributed by atoms with E-state index >= 15 is 0 Å². The average molecular weight is 449 g/mol. The van der Waals surface area contributed by atoms with Crippen molar-refractivity contribution >= 4 is 22.0 Å². The molecular formula is C22H29FN4O3S. The summed E-state index contributed by atoms with van der Waals surface area (Å²) in [6.45, 7) is 7.87. The Balaban J connectivity index is 2.12. The van der Waals surface area contributed by atoms with Gasteiger partial charge in [-0.1, -0.05) is 5.92 Å². The molecule has 2 aliphatic heterocycles. The number of ether oxygens (including phenoxy) is 1. The van der Waals surface area contributed by atoms with Gasteiger partial charge in [0.25, 0.3) is 0 Å². The molecule has 0 spiro atoms. The second kappa shape index (κ2) is 8.50. The molecule has 1 amide bonds. The number of rotatable bonds is 1. The van der Waals surface area contributed by atoms with Crippen LogP contribution in [0.4, 0.5) is 9.18 Å². The van der Waals surface area contributed by atoms with Gasteiger partial charge in [-0.25, -0.2) is 22.7 Å². The van der Waals surface area contributed by atoms with E-state index < -0.39 is 33.0 Å². The van der Waals surface area contributed by atoms with E-state index in [1.807, 2.05) is 0 Å². The van der Waals surface area contributed by atoms with Crippen molar-refractivity contribution in [3.8, 4) is 12.3 Å². The third-order valence-electron chi connectivity index (χ3n) is 5.18. The predicted octanol–water partition coefficient (Wildman–Crippen LogP) is 3.79. The van der Waals surface area contributed by atoms with Gasteiger partial charge in [-0.3, -0.25) is 9.62 Å². The van der Waals surface area contributed by atoms with Crippen LogP contribution in [0.25, 0.3) is 0 Å². The average Bonchev–Trinajstić information content (AvgIpc) is 2.91. The zero-order valence-corrected chi connectivity index (χ0v) is 19.2. The molecule has 2 aliphatic rings. The monoisotopic (exact) mass is 448 g/mol. The van der Waals surface area contributed by atoms with Crippen LogP contribution in [0.1, 0.15) is 58.1 Å². The lowest BCUT2D eigenvalue weighted by Crippen LogP contribution is -2.48. The number of hydrogen-bond acceptors (Lipinski definition) is 5. The van der Waals surface area contributed by atoms with E-state index in [1.54, 1.807) is 38.1 Å². The number of fused-ring (bicyclic) bond motifs is 1. The number of benzene rings is 1. The lowest BCUT2D eigenvalue weighted by Gasteiger charge is -2.28. The van der Waals surface area contributed by atoms with Gasteiger partial charge in [0.1, 0.15) is 21.3 Å². The van der Waals surface area contributed by atoms with Gasteiger partial charge in [0.2, 0.25) is 5.96 Å². The van der Waals surface area contributed by atoms with Gasteiger partial charge in [-0.15, -0.1) is 6.42 Å². The van der Waals surface area contributed by atoms with E-state index in [4.69, 9.17) is 16.2 Å². The van der Waals surface area contributed by atoms with E-state index in [9.17, 15) is 13.4 Å². The summed E-state index contributed by atoms with van der Waals surface area (Å²) in [6, 6.07) is 4.40. The van der Waals surface area contributed by atoms with E-state index in [0.29, 0.717) is 18.7 Å². The highest BCUT2D eigenvalue weighted by Crippen LogP contribution is 2.36. The van der Waals surface area contributed by atoms with Crippen LogP contribution < -0.4 is 5.32 Å². The van der Waals surface area contributed by atoms with Crippen LogP contribution in [-0.2, 0) is 20.2 Å². The maximum Gasteiger partial charge on any atom is 0.414 e. The first-order valence-electron chi connectivity index (χ1n) is 10.3. The third kappa shape index (κ3) is 5.18. The number of alkyl carbamates (subject to hydrolysis) is 1. The normalized spacial score (nSPS) is 26.3. The number of nitrogens with one attached hydrogen (secondary N) is 1. The summed E-state index contributed by atoms with van der Waals surface area (Å²) in [5, 5.41) is 2.65. The quantitative estimate of drug-likeness (QED) is 0.664. The fraction of sp³-hybridized carbons (Fsp3) is 0.545. The van der Waals surface area contributed by atoms with Crippen molar-refractivity contribution in [2.75, 3.05) is 18.8 Å². The van der Waals surface area contributed by atoms with E-state index in [1.165, 1.54) is 12.1 Å². The molecular weight excluding hydrogens is 419 g/mol. The van der Waals surface area contributed by atoms with Crippen LogP contribution in [0.3, 0.4) is 0 Å². The zero-order valence-electron chi connectivity index (χ0n) is 18.4. The van der Waals surface area contributed by atoms with Crippen molar-refractivity contribution in [3.05, 3.63) is 35.1 Å². The van der Waals surface area contributed by atoms with Gasteiger partial charge in [0.15, 0.2) is 0 Å². The molecule has 1 N–H and O–H groups in total. The molecule has 0 fully saturated rings. The van der Waals surface area contributed by atoms with E-state index in [2.05, 4.69) is 15.6 Å². The standard InChI is InChI=1S/C22H29FN4O3S/c1-6-16-9-10-18(23)17(15-16)22(5)11-14-31(29)24-12-7-8-13-27(31)19(26-22)25-20(28)30-21(2,3)4/h1,9-10,15H,7-8,11-14H2,2-5H3,(H,25,26,28)/t22-,31-/m0/s1. The summed E-state index contributed by atoms with van der Waals surface area (Å²) in [6.07, 6.45) is 6.60. The Hall–Kier alpha value is -2.60. The number of nitrogens with zero attached hydrogens (tertiary/aromatic N) is 3. The molecule has 1 aromatic carbocycles. The van der Waals surface area contributed by atoms with Gasteiger partial charge in [-0.2, -0.15) is 0 Å². The number of halogens is 1. The molecule has 31 heavy (non-hydrogen) atoms. The minimum atomic E-state index is -2.86. The second-order valence-corrected chi connectivity index (χ2v) is 11.2. The molecule has 0 unspecified atom stereocenters. The summed E-state index contributed by atoms with van der Waals surface area (Å²) in [7, 11) is -2.86. The van der Waals surface area contributed by atoms with Crippen molar-refractivity contribution in [1.82, 2.24) is 9.62 Å². The molecule has 168 valence electrons. The molecule has 9 heteroatoms. The SMILES string of the molecule is C#Cc1ccc(F)c([C@]2(C)CC[S@]3(=O)=NCCCCN3C(NC(=O)OC(C)(C)C)=N2)c1. The number of carbonyl (C=O) groups excluding carboxylic acids is 1. The van der Waals surface area contributed by atoms with E-state index in [-0.39, 0.29) is 23.7 Å². The van der Waals surface area contributed by atoms with Gasteiger partial charge < -0.3 is 4.74 Å². The number of carbonyl (C=O) groups is 1. The Labute approximate surface area is 183 Å². The number of aliphatic imine (C=N–C) groups is 1. The van der Waals surface area contributed by atoms with Crippen molar-refractivity contribution in [3.63, 3.8) is 0 Å². The van der Waals surface area contributed by atoms with Gasteiger partial charge >= 0.3 is 6.09 Å². The van der Waals surface area contributed by atoms with Crippen LogP contribution in [0.15, 0.2) is 27.6 Å². The molecule has 2 heterocycles. The lowest BCUT2D eigenvalue weighted by atomic mass is 9.88. The predicted molar refractivity (Wildman–Crippen MR) is 119 cm³/mol. The first-order valence-corrected chi connectivity index (χ1v) is 11.9. The topological polar surface area (TPSA) is 83.4 Å². The molecule has 2 atom stereocenters. The zero-order chi connectivity index (χ0) is 22.9. The first kappa shape index (κ1) is 23.1. The second-order valence-electron chi connectivity index (χ2n) is 8.90. The van der Waals surface area contributed by atoms with Gasteiger partial charge in [0, 0.05) is 17.7 Å². The summed E-state index contributed by atoms with van der Waals surface area (Å²) in [4.78, 5) is 17.3. The Bertz CT molecular complexity index is 1060. The van der Waals surface area contributed by atoms with E-state index in [0.717, 1.165) is 12.8 Å². The van der Waals surface area contributed by atoms with Gasteiger partial charge in [0.05, 0.1) is 17.8 Å². The fourth-order valence-corrected chi connectivity index (χ4v) is 5.93. The maximum atomic E-state index is 14.9. The summed E-state index contributed by atoms with van der Waals surface area (Å²) >= 11 is 0. The minimum Gasteiger partial charge on any atom is -0.444 e. The van der Waals surface area contributed by atoms with Crippen LogP contribution >= 0.6 is 0 Å². The van der Waals surface area contributed by atoms with Crippen molar-refractivity contribution in [1.29, 1.82) is 0 Å². The molecule has 0 aliphatic carbocycles. The summed E-state index contributed by atoms with van der Waals surface area (Å²) < 4.78 is 40.0. The Morgan fingerprint density at radius 3 is 2.81 bits per heavy atom. The smallest absolute Gasteiger partial charge is 0.414 e. The van der Waals surface area contributed by atoms with Crippen molar-refractivity contribution in [2.45, 2.75) is 58.1 Å². The number of amides is 1. The number of terminal acetylenes is 1. The van der Waals surface area contributed by atoms with Crippen LogP contribution in [0, 0.1) is 18.2 Å². The molecule has 1 aromatic rings. The Morgan fingerprint density at radius 2 is 2.13 bits per heavy atom. The highest BCUT2D eigenvalue weighted by Gasteiger charge is 2.39. The molecule has 0 aromatic heterocycles. The summed E-state index contributed by atoms with van der Waals surface area (Å²) in [5.41, 5.74) is -1.03. The Kier molecular flexibility index (Phi) is 6.33. The third-order valence-corrected chi connectivity index (χ3v) is 7.54. The molecule has 3 rings (SSSR count). The maximum absolute atomic E-state index is 14.9. The van der Waals surface area contributed by atoms with Gasteiger partial charge in [-0.05, 0) is 65.2 Å². The van der Waals surface area contributed by atoms with Crippen LogP contribution in [0.5, 0.6) is 0 Å². The minimum absolute atomic E-state index is 0.0791. The largest absolute Gasteiger partial charge is 0.444 e.